The summed E-state index contributed by atoms with van der Waals surface area (Å²) in [6.45, 7) is 1.92. The van der Waals surface area contributed by atoms with Crippen molar-refractivity contribution in [2.24, 2.45) is 0 Å². The molecule has 1 amide bonds. The van der Waals surface area contributed by atoms with Gasteiger partial charge in [-0.05, 0) is 18.1 Å². The summed E-state index contributed by atoms with van der Waals surface area (Å²) in [5.41, 5.74) is 2.84. The van der Waals surface area contributed by atoms with Gasteiger partial charge in [0.2, 0.25) is 5.91 Å². The Kier molecular flexibility index (Phi) is 5.29. The van der Waals surface area contributed by atoms with Crippen molar-refractivity contribution in [3.05, 3.63) is 80.7 Å². The topological polar surface area (TPSA) is 96.0 Å². The first-order valence-electron chi connectivity index (χ1n) is 8.11. The number of anilines is 1. The Morgan fingerprint density at radius 1 is 1.19 bits per heavy atom. The second-order valence-corrected chi connectivity index (χ2v) is 7.09. The summed E-state index contributed by atoms with van der Waals surface area (Å²) in [5.74, 6) is -0.277. The van der Waals surface area contributed by atoms with E-state index in [1.54, 1.807) is 12.1 Å². The maximum atomic E-state index is 12.4. The van der Waals surface area contributed by atoms with Crippen LogP contribution in [0.5, 0.6) is 0 Å². The molecule has 0 aliphatic rings. The molecule has 134 valence electrons. The van der Waals surface area contributed by atoms with E-state index in [1.807, 2.05) is 37.3 Å². The number of aryl methyl sites for hydroxylation is 1. The Morgan fingerprint density at radius 2 is 1.85 bits per heavy atom. The first-order valence-corrected chi connectivity index (χ1v) is 8.93. The van der Waals surface area contributed by atoms with Crippen LogP contribution in [0.25, 0.3) is 11.1 Å². The number of nitriles is 1. The van der Waals surface area contributed by atoms with Crippen molar-refractivity contribution in [1.82, 2.24) is 0 Å². The molecule has 0 fully saturated rings. The van der Waals surface area contributed by atoms with Gasteiger partial charge in [-0.15, -0.1) is 11.3 Å². The molecule has 1 aromatic heterocycles. The van der Waals surface area contributed by atoms with Crippen molar-refractivity contribution in [3.8, 4) is 17.2 Å². The maximum absolute atomic E-state index is 12.4. The van der Waals surface area contributed by atoms with Crippen molar-refractivity contribution >= 4 is 27.9 Å². The molecule has 0 spiro atoms. The third-order valence-corrected chi connectivity index (χ3v) is 5.04. The van der Waals surface area contributed by atoms with Crippen molar-refractivity contribution in [3.63, 3.8) is 0 Å². The monoisotopic (exact) mass is 377 g/mol. The molecule has 0 saturated heterocycles. The van der Waals surface area contributed by atoms with Crippen LogP contribution < -0.4 is 5.32 Å². The molecular formula is C20H15N3O3S. The predicted octanol–water partition coefficient (Wildman–Crippen LogP) is 4.68. The second kappa shape index (κ2) is 7.81. The van der Waals surface area contributed by atoms with Crippen LogP contribution in [0.15, 0.2) is 54.6 Å². The average Bonchev–Trinajstić information content (AvgIpc) is 2.97. The van der Waals surface area contributed by atoms with E-state index in [0.29, 0.717) is 16.1 Å². The van der Waals surface area contributed by atoms with E-state index in [2.05, 4.69) is 11.4 Å². The number of amides is 1. The van der Waals surface area contributed by atoms with Crippen LogP contribution in [0.1, 0.15) is 16.0 Å². The normalized spacial score (nSPS) is 10.2. The van der Waals surface area contributed by atoms with E-state index in [0.717, 1.165) is 16.0 Å². The molecule has 0 radical (unpaired) electrons. The highest BCUT2D eigenvalue weighted by atomic mass is 32.1. The Balaban J connectivity index is 1.80. The first kappa shape index (κ1) is 18.3. The summed E-state index contributed by atoms with van der Waals surface area (Å²) in [7, 11) is 0. The molecule has 27 heavy (non-hydrogen) atoms. The van der Waals surface area contributed by atoms with Gasteiger partial charge in [-0.25, -0.2) is 0 Å². The number of carbonyl (C=O) groups excluding carboxylic acids is 1. The minimum atomic E-state index is -0.484. The highest BCUT2D eigenvalue weighted by Crippen LogP contribution is 2.39. The van der Waals surface area contributed by atoms with Gasteiger partial charge in [0.25, 0.3) is 5.69 Å². The number of non-ortho nitro benzene ring substituents is 1. The molecule has 2 aromatic carbocycles. The van der Waals surface area contributed by atoms with Gasteiger partial charge < -0.3 is 5.32 Å². The first-order chi connectivity index (χ1) is 13.0. The molecule has 0 aliphatic heterocycles. The fourth-order valence-electron chi connectivity index (χ4n) is 2.78. The molecule has 1 heterocycles. The Hall–Kier alpha value is -3.50. The number of thiophene rings is 1. The minimum absolute atomic E-state index is 0.0210. The zero-order valence-corrected chi connectivity index (χ0v) is 15.2. The third kappa shape index (κ3) is 4.02. The summed E-state index contributed by atoms with van der Waals surface area (Å²) < 4.78 is 0. The fraction of sp³-hybridized carbons (Fsp3) is 0.100. The zero-order chi connectivity index (χ0) is 19.4. The SMILES string of the molecule is Cc1sc(NC(=O)Cc2ccc([N+](=O)[O-])cc2)c(C#N)c1-c1ccccc1. The molecular weight excluding hydrogens is 362 g/mol. The Bertz CT molecular complexity index is 1030. The number of benzene rings is 2. The van der Waals surface area contributed by atoms with Crippen LogP contribution in [0, 0.1) is 28.4 Å². The van der Waals surface area contributed by atoms with Gasteiger partial charge in [-0.1, -0.05) is 42.5 Å². The van der Waals surface area contributed by atoms with Crippen LogP contribution in [0.2, 0.25) is 0 Å². The highest BCUT2D eigenvalue weighted by molar-refractivity contribution is 7.17. The van der Waals surface area contributed by atoms with Crippen LogP contribution in [0.4, 0.5) is 10.7 Å². The van der Waals surface area contributed by atoms with Crippen molar-refractivity contribution in [1.29, 1.82) is 5.26 Å². The molecule has 3 rings (SSSR count). The van der Waals surface area contributed by atoms with Crippen molar-refractivity contribution in [2.75, 3.05) is 5.32 Å². The fourth-order valence-corrected chi connectivity index (χ4v) is 3.83. The zero-order valence-electron chi connectivity index (χ0n) is 14.4. The van der Waals surface area contributed by atoms with Crippen molar-refractivity contribution < 1.29 is 9.72 Å². The lowest BCUT2D eigenvalue weighted by Crippen LogP contribution is -2.14. The van der Waals surface area contributed by atoms with Crippen LogP contribution in [-0.4, -0.2) is 10.8 Å². The summed E-state index contributed by atoms with van der Waals surface area (Å²) in [6.07, 6.45) is 0.0699. The van der Waals surface area contributed by atoms with E-state index in [9.17, 15) is 20.2 Å². The minimum Gasteiger partial charge on any atom is -0.316 e. The Morgan fingerprint density at radius 3 is 2.44 bits per heavy atom. The lowest BCUT2D eigenvalue weighted by molar-refractivity contribution is -0.384. The average molecular weight is 377 g/mol. The van der Waals surface area contributed by atoms with Crippen LogP contribution >= 0.6 is 11.3 Å². The quantitative estimate of drug-likeness (QED) is 0.515. The predicted molar refractivity (Wildman–Crippen MR) is 105 cm³/mol. The summed E-state index contributed by atoms with van der Waals surface area (Å²) >= 11 is 1.36. The van der Waals surface area contributed by atoms with Crippen LogP contribution in [-0.2, 0) is 11.2 Å². The van der Waals surface area contributed by atoms with Gasteiger partial charge in [0.05, 0.1) is 16.9 Å². The molecule has 0 atom stereocenters. The number of carbonyl (C=O) groups is 1. The number of rotatable bonds is 5. The van der Waals surface area contributed by atoms with Gasteiger partial charge in [-0.3, -0.25) is 14.9 Å². The van der Waals surface area contributed by atoms with Gasteiger partial charge in [0.15, 0.2) is 0 Å². The number of hydrogen-bond acceptors (Lipinski definition) is 5. The van der Waals surface area contributed by atoms with E-state index in [1.165, 1.54) is 23.5 Å². The number of nitrogens with one attached hydrogen (secondary N) is 1. The summed E-state index contributed by atoms with van der Waals surface area (Å²) in [6, 6.07) is 17.6. The third-order valence-electron chi connectivity index (χ3n) is 4.02. The highest BCUT2D eigenvalue weighted by Gasteiger charge is 2.19. The van der Waals surface area contributed by atoms with Gasteiger partial charge in [0, 0.05) is 22.6 Å². The molecule has 7 heteroatoms. The lowest BCUT2D eigenvalue weighted by atomic mass is 10.0. The van der Waals surface area contributed by atoms with E-state index < -0.39 is 4.92 Å². The molecule has 0 saturated carbocycles. The second-order valence-electron chi connectivity index (χ2n) is 5.86. The maximum Gasteiger partial charge on any atom is 0.269 e. The Labute approximate surface area is 159 Å². The molecule has 0 bridgehead atoms. The summed E-state index contributed by atoms with van der Waals surface area (Å²) in [5, 5.41) is 23.6. The summed E-state index contributed by atoms with van der Waals surface area (Å²) in [4.78, 5) is 23.5. The smallest absolute Gasteiger partial charge is 0.269 e. The number of nitro benzene ring substituents is 1. The molecule has 3 aromatic rings. The molecule has 6 nitrogen and oxygen atoms in total. The van der Waals surface area contributed by atoms with Gasteiger partial charge in [-0.2, -0.15) is 5.26 Å². The van der Waals surface area contributed by atoms with Gasteiger partial charge >= 0.3 is 0 Å². The van der Waals surface area contributed by atoms with E-state index in [-0.39, 0.29) is 18.0 Å². The van der Waals surface area contributed by atoms with Gasteiger partial charge in [0.1, 0.15) is 11.1 Å². The lowest BCUT2D eigenvalue weighted by Gasteiger charge is -2.05. The van der Waals surface area contributed by atoms with E-state index >= 15 is 0 Å². The molecule has 1 N–H and O–H groups in total. The number of nitro groups is 1. The molecule has 0 aliphatic carbocycles. The number of hydrogen-bond donors (Lipinski definition) is 1. The molecule has 0 unspecified atom stereocenters. The van der Waals surface area contributed by atoms with Crippen molar-refractivity contribution in [2.45, 2.75) is 13.3 Å². The largest absolute Gasteiger partial charge is 0.316 e. The standard InChI is InChI=1S/C20H15N3O3S/c1-13-19(15-5-3-2-4-6-15)17(12-21)20(27-13)22-18(24)11-14-7-9-16(10-8-14)23(25)26/h2-10H,11H2,1H3,(H,22,24). The number of nitrogens with zero attached hydrogens (tertiary/aromatic N) is 2. The van der Waals surface area contributed by atoms with E-state index in [4.69, 9.17) is 0 Å². The van der Waals surface area contributed by atoms with Crippen LogP contribution in [0.3, 0.4) is 0 Å².